The van der Waals surface area contributed by atoms with Gasteiger partial charge in [-0.2, -0.15) is 0 Å². The fourth-order valence-corrected chi connectivity index (χ4v) is 2.24. The third-order valence-electron chi connectivity index (χ3n) is 3.07. The van der Waals surface area contributed by atoms with Crippen LogP contribution in [0.15, 0.2) is 0 Å². The Bertz CT molecular complexity index is 138. The van der Waals surface area contributed by atoms with E-state index in [9.17, 15) is 0 Å². The van der Waals surface area contributed by atoms with E-state index in [2.05, 4.69) is 5.32 Å². The molecule has 64 valence electrons. The molecule has 2 N–H and O–H groups in total. The van der Waals surface area contributed by atoms with Gasteiger partial charge in [0.2, 0.25) is 0 Å². The van der Waals surface area contributed by atoms with Crippen molar-refractivity contribution < 1.29 is 9.84 Å². The molecule has 0 aromatic carbocycles. The molecule has 0 aromatic heterocycles. The van der Waals surface area contributed by atoms with Gasteiger partial charge in [-0.3, -0.25) is 0 Å². The Labute approximate surface area is 66.7 Å². The first kappa shape index (κ1) is 7.53. The zero-order valence-electron chi connectivity index (χ0n) is 6.68. The summed E-state index contributed by atoms with van der Waals surface area (Å²) < 4.78 is 5.36. The van der Waals surface area contributed by atoms with E-state index in [1.807, 2.05) is 0 Å². The van der Waals surface area contributed by atoms with Crippen LogP contribution < -0.4 is 5.32 Å². The largest absolute Gasteiger partial charge is 0.395 e. The maximum atomic E-state index is 9.07. The minimum atomic E-state index is 0.253. The van der Waals surface area contributed by atoms with Crippen molar-refractivity contribution in [3.05, 3.63) is 0 Å². The second kappa shape index (κ2) is 2.73. The lowest BCUT2D eigenvalue weighted by Crippen LogP contribution is -2.40. The zero-order valence-corrected chi connectivity index (χ0v) is 6.68. The summed E-state index contributed by atoms with van der Waals surface area (Å²) >= 11 is 0. The maximum absolute atomic E-state index is 9.07. The lowest BCUT2D eigenvalue weighted by atomic mass is 9.80. The summed E-state index contributed by atoms with van der Waals surface area (Å²) in [5.41, 5.74) is 0.273. The van der Waals surface area contributed by atoms with Gasteiger partial charge in [-0.25, -0.2) is 0 Å². The van der Waals surface area contributed by atoms with Crippen molar-refractivity contribution in [3.63, 3.8) is 0 Å². The first-order valence-electron chi connectivity index (χ1n) is 4.29. The van der Waals surface area contributed by atoms with Crippen molar-refractivity contribution in [1.82, 2.24) is 5.32 Å². The van der Waals surface area contributed by atoms with Gasteiger partial charge in [-0.05, 0) is 19.4 Å². The van der Waals surface area contributed by atoms with Gasteiger partial charge in [0.15, 0.2) is 0 Å². The van der Waals surface area contributed by atoms with Crippen molar-refractivity contribution in [2.45, 2.75) is 18.9 Å². The Hall–Kier alpha value is -0.120. The number of aliphatic hydroxyl groups is 1. The third-order valence-corrected chi connectivity index (χ3v) is 3.07. The highest BCUT2D eigenvalue weighted by molar-refractivity contribution is 4.98. The van der Waals surface area contributed by atoms with E-state index in [1.165, 1.54) is 0 Å². The second-order valence-electron chi connectivity index (χ2n) is 3.60. The predicted molar refractivity (Wildman–Crippen MR) is 41.4 cm³/mol. The highest BCUT2D eigenvalue weighted by atomic mass is 16.5. The van der Waals surface area contributed by atoms with Crippen LogP contribution in [0.3, 0.4) is 0 Å². The van der Waals surface area contributed by atoms with Gasteiger partial charge in [0.05, 0.1) is 13.2 Å². The minimum absolute atomic E-state index is 0.253. The Morgan fingerprint density at radius 1 is 1.55 bits per heavy atom. The molecule has 0 bridgehead atoms. The molecule has 1 spiro atoms. The van der Waals surface area contributed by atoms with Crippen LogP contribution >= 0.6 is 0 Å². The molecule has 2 heterocycles. The summed E-state index contributed by atoms with van der Waals surface area (Å²) in [5, 5.41) is 12.4. The van der Waals surface area contributed by atoms with Crippen LogP contribution in [0, 0.1) is 5.41 Å². The molecule has 0 radical (unpaired) electrons. The molecule has 2 fully saturated rings. The van der Waals surface area contributed by atoms with Gasteiger partial charge in [0, 0.05) is 18.1 Å². The molecular formula is C8H15NO2. The lowest BCUT2D eigenvalue weighted by Gasteiger charge is -2.27. The average molecular weight is 157 g/mol. The van der Waals surface area contributed by atoms with Gasteiger partial charge in [0.25, 0.3) is 0 Å². The van der Waals surface area contributed by atoms with Crippen LogP contribution in [0.25, 0.3) is 0 Å². The van der Waals surface area contributed by atoms with E-state index in [0.29, 0.717) is 0 Å². The van der Waals surface area contributed by atoms with Crippen LogP contribution in [-0.2, 0) is 4.74 Å². The third kappa shape index (κ3) is 1.08. The molecule has 3 heteroatoms. The van der Waals surface area contributed by atoms with Crippen molar-refractivity contribution in [1.29, 1.82) is 0 Å². The zero-order chi connectivity index (χ0) is 7.73. The van der Waals surface area contributed by atoms with Crippen molar-refractivity contribution >= 4 is 0 Å². The first-order chi connectivity index (χ1) is 5.37. The summed E-state index contributed by atoms with van der Waals surface area (Å²) in [4.78, 5) is 0. The Morgan fingerprint density at radius 3 is 3.09 bits per heavy atom. The molecule has 2 unspecified atom stereocenters. The van der Waals surface area contributed by atoms with E-state index >= 15 is 0 Å². The number of ether oxygens (including phenoxy) is 1. The Morgan fingerprint density at radius 2 is 2.45 bits per heavy atom. The molecule has 0 aliphatic carbocycles. The molecule has 2 atom stereocenters. The fraction of sp³-hybridized carbons (Fsp3) is 1.00. The predicted octanol–water partition coefficient (Wildman–Crippen LogP) is -0.253. The number of hydrogen-bond donors (Lipinski definition) is 2. The molecule has 2 rings (SSSR count). The average Bonchev–Trinajstić information content (AvgIpc) is 2.62. The Balaban J connectivity index is 2.09. The van der Waals surface area contributed by atoms with Gasteiger partial charge >= 0.3 is 0 Å². The molecule has 3 nitrogen and oxygen atoms in total. The van der Waals surface area contributed by atoms with E-state index in [1.54, 1.807) is 0 Å². The number of nitrogens with one attached hydrogen (secondary N) is 1. The summed E-state index contributed by atoms with van der Waals surface area (Å²) in [6.45, 7) is 3.00. The minimum Gasteiger partial charge on any atom is -0.395 e. The fourth-order valence-electron chi connectivity index (χ4n) is 2.24. The van der Waals surface area contributed by atoms with Crippen molar-refractivity contribution in [3.8, 4) is 0 Å². The highest BCUT2D eigenvalue weighted by Gasteiger charge is 2.44. The Kier molecular flexibility index (Phi) is 1.87. The molecular weight excluding hydrogens is 142 g/mol. The lowest BCUT2D eigenvalue weighted by molar-refractivity contribution is 0.116. The van der Waals surface area contributed by atoms with Gasteiger partial charge in [0.1, 0.15) is 0 Å². The van der Waals surface area contributed by atoms with Crippen LogP contribution in [0.4, 0.5) is 0 Å². The molecule has 0 amide bonds. The first-order valence-corrected chi connectivity index (χ1v) is 4.29. The molecule has 0 saturated carbocycles. The maximum Gasteiger partial charge on any atom is 0.0590 e. The molecule has 0 aromatic rings. The number of hydrogen-bond acceptors (Lipinski definition) is 3. The number of aliphatic hydroxyl groups excluding tert-OH is 1. The van der Waals surface area contributed by atoms with Crippen LogP contribution in [0.1, 0.15) is 12.8 Å². The van der Waals surface area contributed by atoms with E-state index in [0.717, 1.165) is 32.6 Å². The smallest absolute Gasteiger partial charge is 0.0590 e. The summed E-state index contributed by atoms with van der Waals surface area (Å²) in [6, 6.07) is 0.282. The highest BCUT2D eigenvalue weighted by Crippen LogP contribution is 2.38. The monoisotopic (exact) mass is 157 g/mol. The molecule has 2 saturated heterocycles. The van der Waals surface area contributed by atoms with Crippen LogP contribution in [-0.4, -0.2) is 37.5 Å². The molecule has 11 heavy (non-hydrogen) atoms. The van der Waals surface area contributed by atoms with Gasteiger partial charge in [-0.1, -0.05) is 0 Å². The van der Waals surface area contributed by atoms with Gasteiger partial charge < -0.3 is 15.2 Å². The van der Waals surface area contributed by atoms with Crippen molar-refractivity contribution in [2.24, 2.45) is 5.41 Å². The van der Waals surface area contributed by atoms with E-state index in [-0.39, 0.29) is 18.1 Å². The van der Waals surface area contributed by atoms with E-state index in [4.69, 9.17) is 9.84 Å². The van der Waals surface area contributed by atoms with Gasteiger partial charge in [-0.15, -0.1) is 0 Å². The number of rotatable bonds is 1. The molecule has 2 aliphatic rings. The van der Waals surface area contributed by atoms with Crippen LogP contribution in [0.5, 0.6) is 0 Å². The SMILES string of the molecule is OCC1NCCC12CCOC2. The van der Waals surface area contributed by atoms with Crippen molar-refractivity contribution in [2.75, 3.05) is 26.4 Å². The standard InChI is InChI=1S/C8H15NO2/c10-5-7-8(1-3-9-7)2-4-11-6-8/h7,9-10H,1-6H2. The van der Waals surface area contributed by atoms with Crippen LogP contribution in [0.2, 0.25) is 0 Å². The summed E-state index contributed by atoms with van der Waals surface area (Å²) in [5.74, 6) is 0. The summed E-state index contributed by atoms with van der Waals surface area (Å²) in [7, 11) is 0. The quantitative estimate of drug-likeness (QED) is 0.551. The van der Waals surface area contributed by atoms with E-state index < -0.39 is 0 Å². The second-order valence-corrected chi connectivity index (χ2v) is 3.60. The summed E-state index contributed by atoms with van der Waals surface area (Å²) in [6.07, 6.45) is 2.28. The normalized spacial score (nSPS) is 43.9. The topological polar surface area (TPSA) is 41.5 Å². The molecule has 2 aliphatic heterocycles.